The highest BCUT2D eigenvalue weighted by molar-refractivity contribution is 8.02. The first-order valence-electron chi connectivity index (χ1n) is 7.16. The summed E-state index contributed by atoms with van der Waals surface area (Å²) in [6, 6.07) is 0. The first kappa shape index (κ1) is 16.6. The molecule has 0 aromatic heterocycles. The lowest BCUT2D eigenvalue weighted by atomic mass is 9.93. The summed E-state index contributed by atoms with van der Waals surface area (Å²) in [6.45, 7) is 2.26. The highest BCUT2D eigenvalue weighted by atomic mass is 32.2. The zero-order valence-corrected chi connectivity index (χ0v) is 13.7. The van der Waals surface area contributed by atoms with Crippen LogP contribution >= 0.6 is 11.8 Å². The van der Waals surface area contributed by atoms with Gasteiger partial charge in [0.1, 0.15) is 5.54 Å². The van der Waals surface area contributed by atoms with Gasteiger partial charge in [0.05, 0.1) is 17.3 Å². The van der Waals surface area contributed by atoms with Crippen molar-refractivity contribution in [1.82, 2.24) is 4.90 Å². The largest absolute Gasteiger partial charge is 0.479 e. The minimum absolute atomic E-state index is 0.0394. The first-order valence-corrected chi connectivity index (χ1v) is 10.0. The summed E-state index contributed by atoms with van der Waals surface area (Å²) in [5, 5.41) is 9.41. The SMILES string of the molecule is CCC1(C(=O)O)CCCN1C(=O)CSC1CCS(=O)(=O)C1. The Morgan fingerprint density at radius 2 is 2.14 bits per heavy atom. The number of carbonyl (C=O) groups excluding carboxylic acids is 1. The van der Waals surface area contributed by atoms with E-state index in [9.17, 15) is 23.1 Å². The highest BCUT2D eigenvalue weighted by Gasteiger charge is 2.48. The lowest BCUT2D eigenvalue weighted by Gasteiger charge is -2.34. The molecule has 1 N–H and O–H groups in total. The molecule has 2 aliphatic rings. The van der Waals surface area contributed by atoms with Gasteiger partial charge < -0.3 is 10.0 Å². The third-order valence-corrected chi connectivity index (χ3v) is 7.67. The van der Waals surface area contributed by atoms with Gasteiger partial charge in [-0.3, -0.25) is 4.79 Å². The quantitative estimate of drug-likeness (QED) is 0.797. The predicted molar refractivity (Wildman–Crippen MR) is 81.1 cm³/mol. The Bertz CT molecular complexity index is 533. The standard InChI is InChI=1S/C13H21NO5S2/c1-2-13(12(16)17)5-3-6-14(13)11(15)8-20-10-4-7-21(18,19)9-10/h10H,2-9H2,1H3,(H,16,17). The van der Waals surface area contributed by atoms with Gasteiger partial charge in [-0.15, -0.1) is 11.8 Å². The lowest BCUT2D eigenvalue weighted by Crippen LogP contribution is -2.53. The molecular weight excluding hydrogens is 314 g/mol. The molecule has 2 unspecified atom stereocenters. The molecule has 2 saturated heterocycles. The monoisotopic (exact) mass is 335 g/mol. The van der Waals surface area contributed by atoms with Crippen LogP contribution in [0.25, 0.3) is 0 Å². The van der Waals surface area contributed by atoms with E-state index in [1.165, 1.54) is 16.7 Å². The molecule has 0 spiro atoms. The Kier molecular flexibility index (Phi) is 4.87. The third-order valence-electron chi connectivity index (χ3n) is 4.41. The number of hydrogen-bond donors (Lipinski definition) is 1. The Morgan fingerprint density at radius 1 is 1.43 bits per heavy atom. The molecule has 2 fully saturated rings. The first-order chi connectivity index (χ1) is 9.81. The maximum atomic E-state index is 12.3. The minimum Gasteiger partial charge on any atom is -0.479 e. The summed E-state index contributed by atoms with van der Waals surface area (Å²) in [6.07, 6.45) is 2.18. The number of amides is 1. The van der Waals surface area contributed by atoms with Crippen LogP contribution in [0, 0.1) is 0 Å². The number of carboxylic acid groups (broad SMARTS) is 1. The smallest absolute Gasteiger partial charge is 0.329 e. The molecule has 2 aliphatic heterocycles. The van der Waals surface area contributed by atoms with E-state index in [1.807, 2.05) is 0 Å². The number of aliphatic carboxylic acids is 1. The Labute approximate surface area is 129 Å². The molecule has 0 bridgehead atoms. The molecule has 0 aromatic rings. The van der Waals surface area contributed by atoms with Gasteiger partial charge in [-0.2, -0.15) is 0 Å². The van der Waals surface area contributed by atoms with E-state index in [2.05, 4.69) is 0 Å². The molecule has 0 aromatic carbocycles. The molecule has 8 heteroatoms. The van der Waals surface area contributed by atoms with E-state index in [1.54, 1.807) is 6.92 Å². The molecule has 0 aliphatic carbocycles. The molecule has 120 valence electrons. The van der Waals surface area contributed by atoms with Crippen LogP contribution in [0.1, 0.15) is 32.6 Å². The summed E-state index contributed by atoms with van der Waals surface area (Å²) in [5.41, 5.74) is -1.07. The van der Waals surface area contributed by atoms with Gasteiger partial charge in [-0.1, -0.05) is 6.92 Å². The number of likely N-dealkylation sites (tertiary alicyclic amines) is 1. The van der Waals surface area contributed by atoms with Crippen LogP contribution in [0.5, 0.6) is 0 Å². The fourth-order valence-corrected chi connectivity index (χ4v) is 6.66. The Morgan fingerprint density at radius 3 is 2.67 bits per heavy atom. The zero-order valence-electron chi connectivity index (χ0n) is 12.1. The summed E-state index contributed by atoms with van der Waals surface area (Å²) in [5.74, 6) is -0.649. The van der Waals surface area contributed by atoms with E-state index in [-0.39, 0.29) is 28.4 Å². The maximum Gasteiger partial charge on any atom is 0.329 e. The average molecular weight is 335 g/mol. The summed E-state index contributed by atoms with van der Waals surface area (Å²) in [7, 11) is -2.94. The molecule has 1 amide bonds. The van der Waals surface area contributed by atoms with Gasteiger partial charge in [0.15, 0.2) is 9.84 Å². The second-order valence-electron chi connectivity index (χ2n) is 5.68. The van der Waals surface area contributed by atoms with Crippen LogP contribution in [-0.2, 0) is 19.4 Å². The van der Waals surface area contributed by atoms with Crippen LogP contribution in [0.2, 0.25) is 0 Å². The van der Waals surface area contributed by atoms with Crippen molar-refractivity contribution in [3.63, 3.8) is 0 Å². The second kappa shape index (κ2) is 6.16. The van der Waals surface area contributed by atoms with Crippen molar-refractivity contribution in [2.24, 2.45) is 0 Å². The number of carboxylic acids is 1. The fourth-order valence-electron chi connectivity index (χ4n) is 3.14. The van der Waals surface area contributed by atoms with E-state index in [4.69, 9.17) is 0 Å². The van der Waals surface area contributed by atoms with Gasteiger partial charge in [0, 0.05) is 11.8 Å². The van der Waals surface area contributed by atoms with Gasteiger partial charge in [-0.05, 0) is 25.7 Å². The fraction of sp³-hybridized carbons (Fsp3) is 0.846. The van der Waals surface area contributed by atoms with Crippen molar-refractivity contribution in [2.75, 3.05) is 23.8 Å². The predicted octanol–water partition coefficient (Wildman–Crippen LogP) is 0.763. The summed E-state index contributed by atoms with van der Waals surface area (Å²) < 4.78 is 22.8. The van der Waals surface area contributed by atoms with Gasteiger partial charge in [-0.25, -0.2) is 13.2 Å². The van der Waals surface area contributed by atoms with Gasteiger partial charge >= 0.3 is 5.97 Å². The number of thioether (sulfide) groups is 1. The van der Waals surface area contributed by atoms with E-state index in [0.29, 0.717) is 32.2 Å². The average Bonchev–Trinajstić information content (AvgIpc) is 2.99. The van der Waals surface area contributed by atoms with Crippen LogP contribution in [0.4, 0.5) is 0 Å². The van der Waals surface area contributed by atoms with Crippen molar-refractivity contribution in [3.8, 4) is 0 Å². The van der Waals surface area contributed by atoms with Gasteiger partial charge in [0.2, 0.25) is 5.91 Å². The molecule has 0 saturated carbocycles. The Balaban J connectivity index is 1.95. The van der Waals surface area contributed by atoms with Crippen molar-refractivity contribution in [3.05, 3.63) is 0 Å². The number of hydrogen-bond acceptors (Lipinski definition) is 5. The number of rotatable bonds is 5. The summed E-state index contributed by atoms with van der Waals surface area (Å²) >= 11 is 1.34. The maximum absolute atomic E-state index is 12.3. The zero-order chi connectivity index (χ0) is 15.7. The summed E-state index contributed by atoms with van der Waals surface area (Å²) in [4.78, 5) is 25.3. The van der Waals surface area contributed by atoms with Crippen molar-refractivity contribution < 1.29 is 23.1 Å². The van der Waals surface area contributed by atoms with Crippen LogP contribution < -0.4 is 0 Å². The lowest BCUT2D eigenvalue weighted by molar-refractivity contribution is -0.155. The van der Waals surface area contributed by atoms with E-state index >= 15 is 0 Å². The second-order valence-corrected chi connectivity index (χ2v) is 9.19. The van der Waals surface area contributed by atoms with Crippen molar-refractivity contribution in [1.29, 1.82) is 0 Å². The topological polar surface area (TPSA) is 91.8 Å². The molecule has 2 heterocycles. The van der Waals surface area contributed by atoms with Crippen LogP contribution in [0.3, 0.4) is 0 Å². The molecule has 2 atom stereocenters. The molecule has 0 radical (unpaired) electrons. The number of sulfone groups is 1. The molecule has 6 nitrogen and oxygen atoms in total. The molecule has 2 rings (SSSR count). The van der Waals surface area contributed by atoms with Crippen LogP contribution in [0.15, 0.2) is 0 Å². The molecular formula is C13H21NO5S2. The number of carbonyl (C=O) groups is 2. The van der Waals surface area contributed by atoms with E-state index < -0.39 is 21.3 Å². The van der Waals surface area contributed by atoms with Crippen molar-refractivity contribution >= 4 is 33.5 Å². The highest BCUT2D eigenvalue weighted by Crippen LogP contribution is 2.34. The third kappa shape index (κ3) is 3.36. The normalized spacial score (nSPS) is 31.5. The Hall–Kier alpha value is -0.760. The molecule has 21 heavy (non-hydrogen) atoms. The van der Waals surface area contributed by atoms with E-state index in [0.717, 1.165) is 0 Å². The van der Waals surface area contributed by atoms with Crippen LogP contribution in [-0.4, -0.2) is 64.9 Å². The van der Waals surface area contributed by atoms with Crippen molar-refractivity contribution in [2.45, 2.75) is 43.4 Å². The minimum atomic E-state index is -2.94. The number of nitrogens with zero attached hydrogens (tertiary/aromatic N) is 1. The van der Waals surface area contributed by atoms with Gasteiger partial charge in [0.25, 0.3) is 0 Å².